The molecular formula is C24H29ClO6. The summed E-state index contributed by atoms with van der Waals surface area (Å²) in [5.74, 6) is 1.49. The van der Waals surface area contributed by atoms with Gasteiger partial charge in [0.05, 0.1) is 30.4 Å². The quantitative estimate of drug-likeness (QED) is 0.629. The van der Waals surface area contributed by atoms with Gasteiger partial charge >= 0.3 is 0 Å². The molecule has 2 aromatic rings. The van der Waals surface area contributed by atoms with Crippen molar-refractivity contribution in [2.75, 3.05) is 13.2 Å². The van der Waals surface area contributed by atoms with Crippen LogP contribution in [0.3, 0.4) is 0 Å². The van der Waals surface area contributed by atoms with Crippen LogP contribution in [0, 0.1) is 0 Å². The molecule has 0 aromatic heterocycles. The van der Waals surface area contributed by atoms with Crippen molar-refractivity contribution in [2.45, 2.75) is 63.6 Å². The Morgan fingerprint density at radius 1 is 1.19 bits per heavy atom. The van der Waals surface area contributed by atoms with Crippen molar-refractivity contribution in [3.63, 3.8) is 0 Å². The molecule has 0 radical (unpaired) electrons. The second-order valence-electron chi connectivity index (χ2n) is 8.27. The van der Waals surface area contributed by atoms with Crippen LogP contribution in [-0.2, 0) is 17.6 Å². The lowest BCUT2D eigenvalue weighted by Gasteiger charge is -2.37. The van der Waals surface area contributed by atoms with Gasteiger partial charge in [0.1, 0.15) is 29.8 Å². The molecule has 2 aliphatic heterocycles. The van der Waals surface area contributed by atoms with E-state index in [2.05, 4.69) is 0 Å². The molecule has 5 atom stereocenters. The van der Waals surface area contributed by atoms with Crippen LogP contribution in [-0.4, -0.2) is 52.9 Å². The minimum Gasteiger partial charge on any atom is -0.494 e. The number of rotatable bonds is 6. The topological polar surface area (TPSA) is 88.4 Å². The van der Waals surface area contributed by atoms with E-state index in [-0.39, 0.29) is 19.1 Å². The fraction of sp³-hybridized carbons (Fsp3) is 0.500. The highest BCUT2D eigenvalue weighted by atomic mass is 35.5. The van der Waals surface area contributed by atoms with Crippen LogP contribution in [0.1, 0.15) is 48.6 Å². The highest BCUT2D eigenvalue weighted by Gasteiger charge is 2.39. The molecule has 1 fully saturated rings. The van der Waals surface area contributed by atoms with Gasteiger partial charge in [-0.1, -0.05) is 29.8 Å². The van der Waals surface area contributed by atoms with E-state index in [9.17, 15) is 15.3 Å². The summed E-state index contributed by atoms with van der Waals surface area (Å²) in [6.45, 7) is 4.19. The van der Waals surface area contributed by atoms with Crippen molar-refractivity contribution in [2.24, 2.45) is 0 Å². The Balaban J connectivity index is 1.68. The lowest BCUT2D eigenvalue weighted by molar-refractivity contribution is -0.181. The Morgan fingerprint density at radius 3 is 2.61 bits per heavy atom. The molecule has 1 saturated heterocycles. The normalized spacial score (nSPS) is 27.6. The van der Waals surface area contributed by atoms with Gasteiger partial charge in [-0.3, -0.25) is 0 Å². The zero-order valence-electron chi connectivity index (χ0n) is 17.8. The van der Waals surface area contributed by atoms with Gasteiger partial charge in [-0.2, -0.15) is 0 Å². The summed E-state index contributed by atoms with van der Waals surface area (Å²) < 4.78 is 17.5. The number of ether oxygens (including phenoxy) is 3. The van der Waals surface area contributed by atoms with Crippen LogP contribution in [0.15, 0.2) is 30.3 Å². The molecule has 3 N–H and O–H groups in total. The third-order valence-electron chi connectivity index (χ3n) is 5.97. The number of hydrogen-bond donors (Lipinski definition) is 3. The lowest BCUT2D eigenvalue weighted by Crippen LogP contribution is -2.47. The zero-order valence-corrected chi connectivity index (χ0v) is 18.5. The van der Waals surface area contributed by atoms with Crippen molar-refractivity contribution in [3.8, 4) is 11.5 Å². The molecule has 0 amide bonds. The predicted molar refractivity (Wildman–Crippen MR) is 117 cm³/mol. The van der Waals surface area contributed by atoms with Crippen molar-refractivity contribution in [1.29, 1.82) is 0 Å². The summed E-state index contributed by atoms with van der Waals surface area (Å²) in [7, 11) is 0. The van der Waals surface area contributed by atoms with Crippen molar-refractivity contribution in [1.82, 2.24) is 0 Å². The molecular weight excluding hydrogens is 420 g/mol. The summed E-state index contributed by atoms with van der Waals surface area (Å²) in [6, 6.07) is 9.91. The molecule has 6 nitrogen and oxygen atoms in total. The molecule has 7 heteroatoms. The smallest absolute Gasteiger partial charge is 0.142 e. The number of aliphatic hydroxyl groups excluding tert-OH is 3. The molecule has 2 aromatic carbocycles. The second kappa shape index (κ2) is 9.35. The van der Waals surface area contributed by atoms with Crippen LogP contribution in [0.25, 0.3) is 0 Å². The van der Waals surface area contributed by atoms with Gasteiger partial charge in [0.2, 0.25) is 0 Å². The maximum absolute atomic E-state index is 10.3. The number of halogens is 1. The van der Waals surface area contributed by atoms with Crippen molar-refractivity contribution >= 4 is 11.6 Å². The van der Waals surface area contributed by atoms with Crippen LogP contribution in [0.5, 0.6) is 11.5 Å². The Hall–Kier alpha value is -1.83. The minimum absolute atomic E-state index is 0.0141. The fourth-order valence-corrected chi connectivity index (χ4v) is 4.70. The molecule has 0 aliphatic carbocycles. The van der Waals surface area contributed by atoms with Gasteiger partial charge < -0.3 is 29.5 Å². The largest absolute Gasteiger partial charge is 0.494 e. The van der Waals surface area contributed by atoms with E-state index in [0.29, 0.717) is 30.2 Å². The average molecular weight is 449 g/mol. The van der Waals surface area contributed by atoms with Gasteiger partial charge in [-0.25, -0.2) is 0 Å². The third kappa shape index (κ3) is 4.54. The number of hydrogen-bond acceptors (Lipinski definition) is 6. The lowest BCUT2D eigenvalue weighted by atomic mass is 9.88. The molecule has 168 valence electrons. The minimum atomic E-state index is -1.11. The molecule has 2 aliphatic rings. The molecule has 0 spiro atoms. The Kier molecular flexibility index (Phi) is 6.74. The van der Waals surface area contributed by atoms with Crippen LogP contribution < -0.4 is 9.47 Å². The summed E-state index contributed by atoms with van der Waals surface area (Å²) in [6.07, 6.45) is -1.87. The monoisotopic (exact) mass is 448 g/mol. The highest BCUT2D eigenvalue weighted by Crippen LogP contribution is 2.45. The maximum atomic E-state index is 10.3. The van der Waals surface area contributed by atoms with Gasteiger partial charge in [0.15, 0.2) is 0 Å². The summed E-state index contributed by atoms with van der Waals surface area (Å²) in [4.78, 5) is 0. The predicted octanol–water partition coefficient (Wildman–Crippen LogP) is 3.20. The number of benzene rings is 2. The summed E-state index contributed by atoms with van der Waals surface area (Å²) >= 11 is 6.75. The molecule has 31 heavy (non-hydrogen) atoms. The zero-order chi connectivity index (χ0) is 22.1. The van der Waals surface area contributed by atoms with Crippen molar-refractivity contribution < 1.29 is 29.5 Å². The SMILES string of the molecule is CCOc1ccc(Cc2cc(C3CC(O)[C@H](O)C(CO)O3)c3c(c2Cl)OC(C)C3)cc1. The molecule has 4 rings (SSSR count). The van der Waals surface area contributed by atoms with Gasteiger partial charge in [-0.05, 0) is 49.1 Å². The van der Waals surface area contributed by atoms with Crippen LogP contribution in [0.2, 0.25) is 5.02 Å². The first-order chi connectivity index (χ1) is 14.9. The van der Waals surface area contributed by atoms with Gasteiger partial charge in [0.25, 0.3) is 0 Å². The maximum Gasteiger partial charge on any atom is 0.142 e. The van der Waals surface area contributed by atoms with E-state index in [1.54, 1.807) is 0 Å². The number of fused-ring (bicyclic) bond motifs is 1. The van der Waals surface area contributed by atoms with Crippen LogP contribution >= 0.6 is 11.6 Å². The van der Waals surface area contributed by atoms with Crippen LogP contribution in [0.4, 0.5) is 0 Å². The van der Waals surface area contributed by atoms with Gasteiger partial charge in [0, 0.05) is 18.4 Å². The second-order valence-corrected chi connectivity index (χ2v) is 8.65. The average Bonchev–Trinajstić information content (AvgIpc) is 3.15. The first-order valence-corrected chi connectivity index (χ1v) is 11.1. The summed E-state index contributed by atoms with van der Waals surface area (Å²) in [5, 5.41) is 30.6. The van der Waals surface area contributed by atoms with E-state index in [0.717, 1.165) is 28.0 Å². The van der Waals surface area contributed by atoms with E-state index in [4.69, 9.17) is 25.8 Å². The first-order valence-electron chi connectivity index (χ1n) is 10.8. The Labute approximate surface area is 187 Å². The highest BCUT2D eigenvalue weighted by molar-refractivity contribution is 6.33. The number of aliphatic hydroxyl groups is 3. The summed E-state index contributed by atoms with van der Waals surface area (Å²) in [5.41, 5.74) is 3.85. The van der Waals surface area contributed by atoms with Gasteiger partial charge in [-0.15, -0.1) is 0 Å². The standard InChI is InChI=1S/C24H29ClO6/c1-3-29-16-6-4-14(5-7-16)9-15-10-17(18-8-13(2)30-24(18)22(15)25)20-11-19(27)23(28)21(12-26)31-20/h4-7,10,13,19-21,23,26-28H,3,8-9,11-12H2,1-2H3/t13?,19?,20?,21?,23-/m0/s1. The molecule has 0 saturated carbocycles. The third-order valence-corrected chi connectivity index (χ3v) is 6.38. The van der Waals surface area contributed by atoms with E-state index in [1.165, 1.54) is 0 Å². The molecule has 4 unspecified atom stereocenters. The molecule has 0 bridgehead atoms. The van der Waals surface area contributed by atoms with E-state index >= 15 is 0 Å². The van der Waals surface area contributed by atoms with E-state index in [1.807, 2.05) is 44.2 Å². The Morgan fingerprint density at radius 2 is 1.94 bits per heavy atom. The van der Waals surface area contributed by atoms with Crippen molar-refractivity contribution in [3.05, 3.63) is 57.6 Å². The fourth-order valence-electron chi connectivity index (χ4n) is 4.42. The Bertz CT molecular complexity index is 915. The molecule has 2 heterocycles. The first kappa shape index (κ1) is 22.4. The van der Waals surface area contributed by atoms with E-state index < -0.39 is 24.4 Å².